The van der Waals surface area contributed by atoms with Gasteiger partial charge < -0.3 is 24.8 Å². The van der Waals surface area contributed by atoms with Crippen LogP contribution in [0.25, 0.3) is 0 Å². The molecule has 1 aliphatic rings. The Morgan fingerprint density at radius 1 is 1.04 bits per heavy atom. The zero-order valence-corrected chi connectivity index (χ0v) is 15.1. The highest BCUT2D eigenvalue weighted by Gasteiger charge is 2.39. The molecule has 1 saturated heterocycles. The summed E-state index contributed by atoms with van der Waals surface area (Å²) in [6.07, 6.45) is 11.9. The summed E-state index contributed by atoms with van der Waals surface area (Å²) < 4.78 is 10.6. The van der Waals surface area contributed by atoms with E-state index in [1.165, 1.54) is 44.9 Å². The molecule has 0 amide bonds. The number of aliphatic hydroxyl groups excluding tert-OH is 3. The molecule has 0 radical (unpaired) electrons. The maximum absolute atomic E-state index is 9.89. The van der Waals surface area contributed by atoms with Gasteiger partial charge in [-0.15, -0.1) is 0 Å². The fraction of sp³-hybridized carbons (Fsp3) is 0.895. The highest BCUT2D eigenvalue weighted by molar-refractivity contribution is 4.87. The second-order valence-corrected chi connectivity index (χ2v) is 6.68. The molecule has 1 aliphatic heterocycles. The molecule has 0 unspecified atom stereocenters. The predicted octanol–water partition coefficient (Wildman–Crippen LogP) is 2.57. The average molecular weight is 344 g/mol. The van der Waals surface area contributed by atoms with Crippen LogP contribution >= 0.6 is 0 Å². The molecule has 0 aliphatic carbocycles. The molecule has 4 atom stereocenters. The molecule has 0 aromatic carbocycles. The van der Waals surface area contributed by atoms with Gasteiger partial charge in [-0.1, -0.05) is 50.7 Å². The van der Waals surface area contributed by atoms with E-state index in [1.54, 1.807) is 0 Å². The molecule has 3 N–H and O–H groups in total. The lowest BCUT2D eigenvalue weighted by molar-refractivity contribution is -0.0813. The van der Waals surface area contributed by atoms with Gasteiger partial charge in [0.15, 0.2) is 0 Å². The van der Waals surface area contributed by atoms with Crippen molar-refractivity contribution in [3.05, 3.63) is 12.2 Å². The molecule has 0 bridgehead atoms. The van der Waals surface area contributed by atoms with Crippen molar-refractivity contribution in [1.82, 2.24) is 0 Å². The molecule has 5 heteroatoms. The Morgan fingerprint density at radius 3 is 2.25 bits per heavy atom. The number of ether oxygens (including phenoxy) is 2. The van der Waals surface area contributed by atoms with E-state index in [9.17, 15) is 15.3 Å². The van der Waals surface area contributed by atoms with Crippen LogP contribution in [0.3, 0.4) is 0 Å². The Bertz CT molecular complexity index is 321. The molecule has 5 nitrogen and oxygen atoms in total. The zero-order chi connectivity index (χ0) is 17.6. The minimum Gasteiger partial charge on any atom is -0.388 e. The standard InChI is InChI=1S/C19H36O5/c1-2-3-4-5-6-7-8-9-10-11-12-13-23-14-17(21)19-18(22)16(20)15-24-19/h2-3,16-22H,4-15H2,1H3/b3-2+/t16-,17+,18+,19+/m1/s1. The molecule has 0 saturated carbocycles. The van der Waals surface area contributed by atoms with Crippen molar-refractivity contribution in [3.8, 4) is 0 Å². The van der Waals surface area contributed by atoms with Crippen LogP contribution in [0.2, 0.25) is 0 Å². The molecule has 24 heavy (non-hydrogen) atoms. The van der Waals surface area contributed by atoms with Crippen molar-refractivity contribution >= 4 is 0 Å². The van der Waals surface area contributed by atoms with Gasteiger partial charge in [0.1, 0.15) is 24.4 Å². The Balaban J connectivity index is 1.84. The largest absolute Gasteiger partial charge is 0.388 e. The van der Waals surface area contributed by atoms with Crippen LogP contribution in [0, 0.1) is 0 Å². The number of hydrogen-bond acceptors (Lipinski definition) is 5. The van der Waals surface area contributed by atoms with Crippen LogP contribution in [0.15, 0.2) is 12.2 Å². The molecule has 1 rings (SSSR count). The summed E-state index contributed by atoms with van der Waals surface area (Å²) >= 11 is 0. The zero-order valence-electron chi connectivity index (χ0n) is 15.1. The summed E-state index contributed by atoms with van der Waals surface area (Å²) in [5.74, 6) is 0. The minimum absolute atomic E-state index is 0.0677. The van der Waals surface area contributed by atoms with Crippen LogP contribution in [0.4, 0.5) is 0 Å². The first-order valence-corrected chi connectivity index (χ1v) is 9.51. The van der Waals surface area contributed by atoms with Crippen LogP contribution in [0.1, 0.15) is 64.7 Å². The van der Waals surface area contributed by atoms with Crippen molar-refractivity contribution in [1.29, 1.82) is 0 Å². The van der Waals surface area contributed by atoms with E-state index in [1.807, 2.05) is 0 Å². The van der Waals surface area contributed by atoms with Crippen molar-refractivity contribution in [2.75, 3.05) is 19.8 Å². The molecule has 0 aromatic heterocycles. The maximum atomic E-state index is 9.89. The molecular formula is C19H36O5. The number of allylic oxidation sites excluding steroid dienone is 2. The fourth-order valence-corrected chi connectivity index (χ4v) is 2.96. The maximum Gasteiger partial charge on any atom is 0.114 e. The van der Waals surface area contributed by atoms with Gasteiger partial charge >= 0.3 is 0 Å². The van der Waals surface area contributed by atoms with Gasteiger partial charge in [0, 0.05) is 6.61 Å². The van der Waals surface area contributed by atoms with Crippen LogP contribution < -0.4 is 0 Å². The predicted molar refractivity (Wildman–Crippen MR) is 94.9 cm³/mol. The summed E-state index contributed by atoms with van der Waals surface area (Å²) in [4.78, 5) is 0. The first-order valence-electron chi connectivity index (χ1n) is 9.51. The smallest absolute Gasteiger partial charge is 0.114 e. The SMILES string of the molecule is C/C=C/CCCCCCCCCCOC[C@H](O)[C@@H]1OC[C@@H](O)[C@@H]1O. The summed E-state index contributed by atoms with van der Waals surface area (Å²) in [7, 11) is 0. The first-order chi connectivity index (χ1) is 11.7. The average Bonchev–Trinajstić information content (AvgIpc) is 2.91. The minimum atomic E-state index is -1.03. The van der Waals surface area contributed by atoms with E-state index in [2.05, 4.69) is 19.1 Å². The Labute approximate surface area is 146 Å². The topological polar surface area (TPSA) is 79.2 Å². The Morgan fingerprint density at radius 2 is 1.67 bits per heavy atom. The third-order valence-corrected chi connectivity index (χ3v) is 4.50. The fourth-order valence-electron chi connectivity index (χ4n) is 2.96. The second-order valence-electron chi connectivity index (χ2n) is 6.68. The van der Waals surface area contributed by atoms with Crippen molar-refractivity contribution in [2.45, 2.75) is 89.1 Å². The van der Waals surface area contributed by atoms with Crippen LogP contribution in [-0.4, -0.2) is 59.6 Å². The van der Waals surface area contributed by atoms with E-state index >= 15 is 0 Å². The van der Waals surface area contributed by atoms with Crippen LogP contribution in [-0.2, 0) is 9.47 Å². The van der Waals surface area contributed by atoms with E-state index in [0.717, 1.165) is 12.8 Å². The molecule has 0 spiro atoms. The second kappa shape index (κ2) is 13.8. The summed E-state index contributed by atoms with van der Waals surface area (Å²) in [6, 6.07) is 0. The quantitative estimate of drug-likeness (QED) is 0.333. The van der Waals surface area contributed by atoms with Crippen molar-refractivity contribution < 1.29 is 24.8 Å². The first kappa shape index (κ1) is 21.6. The van der Waals surface area contributed by atoms with Crippen LogP contribution in [0.5, 0.6) is 0 Å². The van der Waals surface area contributed by atoms with E-state index in [-0.39, 0.29) is 13.2 Å². The van der Waals surface area contributed by atoms with E-state index in [4.69, 9.17) is 9.47 Å². The lowest BCUT2D eigenvalue weighted by atomic mass is 10.1. The van der Waals surface area contributed by atoms with Gasteiger partial charge in [-0.3, -0.25) is 0 Å². The van der Waals surface area contributed by atoms with Gasteiger partial charge in [0.25, 0.3) is 0 Å². The summed E-state index contributed by atoms with van der Waals surface area (Å²) in [5, 5.41) is 28.9. The number of aliphatic hydroxyl groups is 3. The lowest BCUT2D eigenvalue weighted by Crippen LogP contribution is -2.40. The molecule has 1 fully saturated rings. The van der Waals surface area contributed by atoms with Gasteiger partial charge in [-0.05, 0) is 26.2 Å². The number of rotatable bonds is 14. The normalized spacial score (nSPS) is 25.6. The number of unbranched alkanes of at least 4 members (excludes halogenated alkanes) is 8. The Hall–Kier alpha value is -0.460. The van der Waals surface area contributed by atoms with Crippen molar-refractivity contribution in [2.24, 2.45) is 0 Å². The summed E-state index contributed by atoms with van der Waals surface area (Å²) in [5.41, 5.74) is 0. The van der Waals surface area contributed by atoms with E-state index < -0.39 is 24.4 Å². The third-order valence-electron chi connectivity index (χ3n) is 4.50. The molecule has 142 valence electrons. The third kappa shape index (κ3) is 9.14. The Kier molecular flexibility index (Phi) is 12.4. The number of hydrogen-bond donors (Lipinski definition) is 3. The van der Waals surface area contributed by atoms with Crippen molar-refractivity contribution in [3.63, 3.8) is 0 Å². The van der Waals surface area contributed by atoms with E-state index in [0.29, 0.717) is 6.61 Å². The molecular weight excluding hydrogens is 308 g/mol. The van der Waals surface area contributed by atoms with Gasteiger partial charge in [0.05, 0.1) is 13.2 Å². The molecule has 1 heterocycles. The highest BCUT2D eigenvalue weighted by atomic mass is 16.5. The van der Waals surface area contributed by atoms with Gasteiger partial charge in [-0.2, -0.15) is 0 Å². The monoisotopic (exact) mass is 344 g/mol. The molecule has 0 aromatic rings. The lowest BCUT2D eigenvalue weighted by Gasteiger charge is -2.20. The summed E-state index contributed by atoms with van der Waals surface area (Å²) in [6.45, 7) is 2.89. The van der Waals surface area contributed by atoms with Gasteiger partial charge in [-0.25, -0.2) is 0 Å². The van der Waals surface area contributed by atoms with Gasteiger partial charge in [0.2, 0.25) is 0 Å². The highest BCUT2D eigenvalue weighted by Crippen LogP contribution is 2.18.